The Kier molecular flexibility index (Phi) is 8.45. The molecule has 0 spiro atoms. The van der Waals surface area contributed by atoms with Crippen LogP contribution in [0.15, 0.2) is 85.8 Å². The molecule has 0 unspecified atom stereocenters. The fraction of sp³-hybridized carbons (Fsp3) is 0.148. The summed E-state index contributed by atoms with van der Waals surface area (Å²) in [4.78, 5) is 11.8. The van der Waals surface area contributed by atoms with E-state index in [1.54, 1.807) is 17.0 Å². The molecular formula is C27H23N7O11S3. The number of nitrogens with one attached hydrogen (secondary N) is 1. The summed E-state index contributed by atoms with van der Waals surface area (Å²) in [6, 6.07) is 11.2. The van der Waals surface area contributed by atoms with E-state index in [4.69, 9.17) is 4.74 Å². The van der Waals surface area contributed by atoms with E-state index in [9.17, 15) is 44.0 Å². The molecule has 0 saturated carbocycles. The molecule has 21 heteroatoms. The van der Waals surface area contributed by atoms with Crippen LogP contribution in [0.25, 0.3) is 21.5 Å². The molecule has 1 fully saturated rings. The molecule has 48 heavy (non-hydrogen) atoms. The normalized spacial score (nSPS) is 14.6. The molecule has 0 bridgehead atoms. The van der Waals surface area contributed by atoms with Gasteiger partial charge in [0.25, 0.3) is 30.4 Å². The Bertz CT molecular complexity index is 2470. The van der Waals surface area contributed by atoms with E-state index in [2.05, 4.69) is 30.5 Å². The van der Waals surface area contributed by atoms with Crippen molar-refractivity contribution >= 4 is 80.9 Å². The summed E-state index contributed by atoms with van der Waals surface area (Å²) in [5.41, 5.74) is -1.59. The van der Waals surface area contributed by atoms with Crippen LogP contribution in [0.2, 0.25) is 0 Å². The lowest BCUT2D eigenvalue weighted by Gasteiger charge is -2.26. The highest BCUT2D eigenvalue weighted by Crippen LogP contribution is 2.46. The number of hydrogen-bond donors (Lipinski definition) is 5. The summed E-state index contributed by atoms with van der Waals surface area (Å²) in [5, 5.41) is 21.7. The molecule has 1 aliphatic rings. The number of rotatable bonds is 8. The third kappa shape index (κ3) is 6.60. The molecule has 6 rings (SSSR count). The minimum absolute atomic E-state index is 0.0622. The molecule has 4 aromatic carbocycles. The molecule has 250 valence electrons. The summed E-state index contributed by atoms with van der Waals surface area (Å²) in [6.07, 6.45) is 1.17. The average molecular weight is 718 g/mol. The SMILES string of the molecule is O=S(=O)(O)c1cc(Nc2ncnc(N3CCOCC3)n2)c2c(O)c(N=Nc3ccc4ccccc4c3S(=O)(=O)O)c(S(=O)(=O)O)cc2c1. The van der Waals surface area contributed by atoms with Gasteiger partial charge in [-0.15, -0.1) is 10.2 Å². The van der Waals surface area contributed by atoms with Crippen LogP contribution in [0.5, 0.6) is 5.75 Å². The number of morpholine rings is 1. The topological polar surface area (TPSA) is 271 Å². The Morgan fingerprint density at radius 3 is 2.23 bits per heavy atom. The molecule has 0 radical (unpaired) electrons. The van der Waals surface area contributed by atoms with E-state index >= 15 is 0 Å². The first-order valence-electron chi connectivity index (χ1n) is 13.6. The van der Waals surface area contributed by atoms with Crippen molar-refractivity contribution in [3.05, 3.63) is 60.9 Å². The lowest BCUT2D eigenvalue weighted by Crippen LogP contribution is -2.37. The zero-order valence-corrected chi connectivity index (χ0v) is 26.6. The average Bonchev–Trinajstić information content (AvgIpc) is 3.02. The number of fused-ring (bicyclic) bond motifs is 2. The quantitative estimate of drug-likeness (QED) is 0.113. The van der Waals surface area contributed by atoms with Gasteiger partial charge < -0.3 is 20.1 Å². The van der Waals surface area contributed by atoms with Crippen LogP contribution in [-0.2, 0) is 35.1 Å². The van der Waals surface area contributed by atoms with Crippen LogP contribution in [0.4, 0.5) is 29.0 Å². The number of phenols is 1. The van der Waals surface area contributed by atoms with E-state index in [-0.39, 0.29) is 33.7 Å². The summed E-state index contributed by atoms with van der Waals surface area (Å²) in [7, 11) is -15.1. The van der Waals surface area contributed by atoms with E-state index in [0.717, 1.165) is 18.2 Å². The zero-order chi connectivity index (χ0) is 34.4. The number of anilines is 3. The van der Waals surface area contributed by atoms with Crippen molar-refractivity contribution in [2.45, 2.75) is 14.7 Å². The number of nitrogens with zero attached hydrogens (tertiary/aromatic N) is 6. The van der Waals surface area contributed by atoms with Crippen molar-refractivity contribution in [3.63, 3.8) is 0 Å². The number of azo groups is 1. The number of aromatic nitrogens is 3. The maximum absolute atomic E-state index is 12.5. The Labute approximate surface area is 272 Å². The molecule has 2 heterocycles. The Morgan fingerprint density at radius 2 is 1.54 bits per heavy atom. The number of benzene rings is 4. The van der Waals surface area contributed by atoms with Gasteiger partial charge in [0.1, 0.15) is 27.5 Å². The van der Waals surface area contributed by atoms with Crippen LogP contribution in [0.1, 0.15) is 0 Å². The van der Waals surface area contributed by atoms with Crippen LogP contribution in [-0.4, -0.2) is 85.3 Å². The molecule has 1 aromatic heterocycles. The maximum Gasteiger partial charge on any atom is 0.297 e. The van der Waals surface area contributed by atoms with Gasteiger partial charge in [-0.3, -0.25) is 13.7 Å². The van der Waals surface area contributed by atoms with Crippen LogP contribution in [0, 0.1) is 0 Å². The molecule has 1 saturated heterocycles. The van der Waals surface area contributed by atoms with Gasteiger partial charge in [-0.05, 0) is 35.0 Å². The van der Waals surface area contributed by atoms with Gasteiger partial charge in [-0.1, -0.05) is 30.3 Å². The minimum Gasteiger partial charge on any atom is -0.505 e. The van der Waals surface area contributed by atoms with Gasteiger partial charge in [-0.2, -0.15) is 30.2 Å². The van der Waals surface area contributed by atoms with Gasteiger partial charge in [0, 0.05) is 23.9 Å². The maximum atomic E-state index is 12.5. The lowest BCUT2D eigenvalue weighted by atomic mass is 10.1. The van der Waals surface area contributed by atoms with Gasteiger partial charge in [0.15, 0.2) is 5.75 Å². The van der Waals surface area contributed by atoms with Crippen LogP contribution in [0.3, 0.4) is 0 Å². The number of ether oxygens (including phenoxy) is 1. The van der Waals surface area contributed by atoms with Crippen molar-refractivity contribution in [1.29, 1.82) is 0 Å². The van der Waals surface area contributed by atoms with E-state index in [1.807, 2.05) is 0 Å². The summed E-state index contributed by atoms with van der Waals surface area (Å²) >= 11 is 0. The smallest absolute Gasteiger partial charge is 0.297 e. The highest BCUT2D eigenvalue weighted by Gasteiger charge is 2.27. The first-order chi connectivity index (χ1) is 22.6. The highest BCUT2D eigenvalue weighted by atomic mass is 32.2. The van der Waals surface area contributed by atoms with Gasteiger partial charge >= 0.3 is 0 Å². The van der Waals surface area contributed by atoms with Crippen molar-refractivity contribution in [2.24, 2.45) is 10.2 Å². The van der Waals surface area contributed by atoms with Gasteiger partial charge in [-0.25, -0.2) is 9.97 Å². The fourth-order valence-electron chi connectivity index (χ4n) is 5.07. The monoisotopic (exact) mass is 717 g/mol. The molecule has 0 amide bonds. The second-order valence-corrected chi connectivity index (χ2v) is 14.4. The van der Waals surface area contributed by atoms with Crippen molar-refractivity contribution in [1.82, 2.24) is 15.0 Å². The van der Waals surface area contributed by atoms with E-state index in [1.165, 1.54) is 30.6 Å². The summed E-state index contributed by atoms with van der Waals surface area (Å²) in [6.45, 7) is 1.77. The number of hydrogen-bond acceptors (Lipinski definition) is 15. The third-order valence-electron chi connectivity index (χ3n) is 7.17. The number of phenolic OH excluding ortho intramolecular Hbond substituents is 1. The predicted molar refractivity (Wildman–Crippen MR) is 169 cm³/mol. The van der Waals surface area contributed by atoms with Crippen molar-refractivity contribution in [3.8, 4) is 5.75 Å². The van der Waals surface area contributed by atoms with Crippen molar-refractivity contribution in [2.75, 3.05) is 36.5 Å². The predicted octanol–water partition coefficient (Wildman–Crippen LogP) is 3.62. The van der Waals surface area contributed by atoms with Gasteiger partial charge in [0.2, 0.25) is 11.9 Å². The highest BCUT2D eigenvalue weighted by molar-refractivity contribution is 7.86. The Balaban J connectivity index is 1.56. The van der Waals surface area contributed by atoms with Crippen molar-refractivity contribution < 1.29 is 48.8 Å². The van der Waals surface area contributed by atoms with E-state index in [0.29, 0.717) is 31.7 Å². The molecule has 18 nitrogen and oxygen atoms in total. The Hall–Kier alpha value is -4.90. The first kappa shape index (κ1) is 33.0. The third-order valence-corrected chi connectivity index (χ3v) is 9.82. The van der Waals surface area contributed by atoms with E-state index < -0.39 is 62.2 Å². The molecule has 0 aliphatic carbocycles. The lowest BCUT2D eigenvalue weighted by molar-refractivity contribution is 0.122. The minimum atomic E-state index is -5.23. The summed E-state index contributed by atoms with van der Waals surface area (Å²) < 4.78 is 109. The molecule has 1 aliphatic heterocycles. The molecule has 0 atom stereocenters. The fourth-order valence-corrected chi connectivity index (χ4v) is 7.11. The number of aromatic hydroxyl groups is 1. The zero-order valence-electron chi connectivity index (χ0n) is 24.2. The molecule has 5 aromatic rings. The van der Waals surface area contributed by atoms with Gasteiger partial charge in [0.05, 0.1) is 23.8 Å². The van der Waals surface area contributed by atoms with Crippen LogP contribution >= 0.6 is 0 Å². The van der Waals surface area contributed by atoms with Crippen LogP contribution < -0.4 is 10.2 Å². The largest absolute Gasteiger partial charge is 0.505 e. The second-order valence-electron chi connectivity index (χ2n) is 10.2. The molecular weight excluding hydrogens is 695 g/mol. The standard InChI is InChI=1S/C27H23N7O11S3/c35-24-22-16(11-17(46(36,37)38)13-20(22)30-26-28-14-29-27(31-26)34-7-9-45-10-8-34)12-21(47(39,40)41)23(24)33-32-19-6-5-15-3-1-2-4-18(15)25(19)48(42,43)44/h1-6,11-14,35H,7-10H2,(H,36,37,38)(H,39,40,41)(H,42,43,44)(H,28,29,30,31). The summed E-state index contributed by atoms with van der Waals surface area (Å²) in [5.74, 6) is -0.871. The second kappa shape index (κ2) is 12.3. The Morgan fingerprint density at radius 1 is 0.812 bits per heavy atom. The molecule has 5 N–H and O–H groups in total. The first-order valence-corrected chi connectivity index (χ1v) is 17.9.